The van der Waals surface area contributed by atoms with Crippen molar-refractivity contribution in [2.45, 2.75) is 31.7 Å². The zero-order valence-corrected chi connectivity index (χ0v) is 14.2. The molecule has 2 fully saturated rings. The van der Waals surface area contributed by atoms with Crippen molar-refractivity contribution < 1.29 is 4.39 Å². The minimum absolute atomic E-state index is 0.152. The van der Waals surface area contributed by atoms with Crippen LogP contribution in [-0.2, 0) is 0 Å². The maximum atomic E-state index is 13.3. The lowest BCUT2D eigenvalue weighted by Gasteiger charge is -2.33. The number of rotatable bonds is 5. The molecule has 0 saturated heterocycles. The van der Waals surface area contributed by atoms with Gasteiger partial charge in [-0.3, -0.25) is 4.90 Å². The molecule has 1 aromatic rings. The fraction of sp³-hybridized carbons (Fsp3) is 0.647. The van der Waals surface area contributed by atoms with Crippen molar-refractivity contribution in [3.8, 4) is 0 Å². The second kappa shape index (κ2) is 6.35. The molecule has 2 aliphatic carbocycles. The molecule has 116 valence electrons. The predicted molar refractivity (Wildman–Crippen MR) is 87.5 cm³/mol. The molecule has 2 N–H and O–H groups in total. The van der Waals surface area contributed by atoms with Crippen molar-refractivity contribution in [1.29, 1.82) is 0 Å². The van der Waals surface area contributed by atoms with Gasteiger partial charge in [0.15, 0.2) is 0 Å². The highest BCUT2D eigenvalue weighted by atomic mass is 79.9. The maximum Gasteiger partial charge on any atom is 0.124 e. The zero-order valence-electron chi connectivity index (χ0n) is 12.6. The molecule has 0 amide bonds. The molecule has 4 atom stereocenters. The second-order valence-electron chi connectivity index (χ2n) is 6.79. The lowest BCUT2D eigenvalue weighted by molar-refractivity contribution is 0.175. The van der Waals surface area contributed by atoms with Crippen molar-refractivity contribution in [2.24, 2.45) is 23.5 Å². The Balaban J connectivity index is 1.70. The van der Waals surface area contributed by atoms with Crippen LogP contribution in [0.5, 0.6) is 0 Å². The largest absolute Gasteiger partial charge is 0.329 e. The van der Waals surface area contributed by atoms with Gasteiger partial charge in [0.1, 0.15) is 5.82 Å². The fourth-order valence-electron chi connectivity index (χ4n) is 4.41. The summed E-state index contributed by atoms with van der Waals surface area (Å²) in [7, 11) is 2.15. The van der Waals surface area contributed by atoms with Gasteiger partial charge >= 0.3 is 0 Å². The molecule has 1 aromatic carbocycles. The number of hydrogen-bond donors (Lipinski definition) is 1. The van der Waals surface area contributed by atoms with Crippen LogP contribution in [0.1, 0.15) is 37.3 Å². The van der Waals surface area contributed by atoms with Gasteiger partial charge in [-0.05, 0) is 61.8 Å². The first-order valence-electron chi connectivity index (χ1n) is 7.93. The van der Waals surface area contributed by atoms with Crippen LogP contribution in [0, 0.1) is 23.6 Å². The van der Waals surface area contributed by atoms with Crippen LogP contribution in [0.25, 0.3) is 0 Å². The first kappa shape index (κ1) is 15.4. The second-order valence-corrected chi connectivity index (χ2v) is 7.65. The van der Waals surface area contributed by atoms with E-state index in [1.807, 2.05) is 6.07 Å². The molecule has 2 aliphatic rings. The Kier molecular flexibility index (Phi) is 4.67. The van der Waals surface area contributed by atoms with Crippen LogP contribution in [0.4, 0.5) is 4.39 Å². The van der Waals surface area contributed by atoms with Crippen LogP contribution in [0.3, 0.4) is 0 Å². The van der Waals surface area contributed by atoms with E-state index < -0.39 is 0 Å². The van der Waals surface area contributed by atoms with E-state index in [0.29, 0.717) is 6.54 Å². The Morgan fingerprint density at radius 3 is 2.76 bits per heavy atom. The molecule has 0 aromatic heterocycles. The Bertz CT molecular complexity index is 508. The van der Waals surface area contributed by atoms with Crippen LogP contribution in [0.15, 0.2) is 22.7 Å². The highest BCUT2D eigenvalue weighted by molar-refractivity contribution is 9.10. The van der Waals surface area contributed by atoms with Crippen LogP contribution in [-0.4, -0.2) is 25.0 Å². The van der Waals surface area contributed by atoms with Crippen LogP contribution < -0.4 is 5.73 Å². The van der Waals surface area contributed by atoms with Gasteiger partial charge in [0, 0.05) is 23.6 Å². The summed E-state index contributed by atoms with van der Waals surface area (Å²) in [5, 5.41) is 0. The summed E-state index contributed by atoms with van der Waals surface area (Å²) in [6.45, 7) is 1.66. The Morgan fingerprint density at radius 2 is 2.19 bits per heavy atom. The van der Waals surface area contributed by atoms with E-state index in [-0.39, 0.29) is 11.9 Å². The predicted octanol–water partition coefficient (Wildman–Crippen LogP) is 3.96. The highest BCUT2D eigenvalue weighted by Gasteiger charge is 2.40. The third-order valence-electron chi connectivity index (χ3n) is 5.48. The third-order valence-corrected chi connectivity index (χ3v) is 6.17. The van der Waals surface area contributed by atoms with Crippen molar-refractivity contribution in [1.82, 2.24) is 4.90 Å². The minimum Gasteiger partial charge on any atom is -0.329 e. The monoisotopic (exact) mass is 354 g/mol. The quantitative estimate of drug-likeness (QED) is 0.866. The van der Waals surface area contributed by atoms with Gasteiger partial charge in [-0.1, -0.05) is 28.4 Å². The Hall–Kier alpha value is -0.450. The van der Waals surface area contributed by atoms with E-state index in [0.717, 1.165) is 34.3 Å². The lowest BCUT2D eigenvalue weighted by Crippen LogP contribution is -2.35. The van der Waals surface area contributed by atoms with E-state index in [1.54, 1.807) is 0 Å². The number of benzene rings is 1. The van der Waals surface area contributed by atoms with Crippen LogP contribution >= 0.6 is 15.9 Å². The van der Waals surface area contributed by atoms with Crippen molar-refractivity contribution >= 4 is 15.9 Å². The summed E-state index contributed by atoms with van der Waals surface area (Å²) in [6.07, 6.45) is 5.67. The molecule has 2 bridgehead atoms. The topological polar surface area (TPSA) is 29.3 Å². The molecule has 2 saturated carbocycles. The number of fused-ring (bicyclic) bond motifs is 2. The summed E-state index contributed by atoms with van der Waals surface area (Å²) < 4.78 is 14.1. The number of nitrogens with zero attached hydrogens (tertiary/aromatic N) is 1. The van der Waals surface area contributed by atoms with E-state index in [1.165, 1.54) is 37.8 Å². The van der Waals surface area contributed by atoms with Crippen molar-refractivity contribution in [3.63, 3.8) is 0 Å². The molecule has 4 heteroatoms. The maximum absolute atomic E-state index is 13.3. The number of nitrogens with two attached hydrogens (primary N) is 1. The normalized spacial score (nSPS) is 29.3. The van der Waals surface area contributed by atoms with Crippen molar-refractivity contribution in [2.75, 3.05) is 20.1 Å². The smallest absolute Gasteiger partial charge is 0.124 e. The van der Waals surface area contributed by atoms with E-state index >= 15 is 0 Å². The number of likely N-dealkylation sites (N-methyl/N-ethyl adjacent to an activating group) is 1. The van der Waals surface area contributed by atoms with Crippen LogP contribution in [0.2, 0.25) is 0 Å². The molecule has 21 heavy (non-hydrogen) atoms. The van der Waals surface area contributed by atoms with E-state index in [2.05, 4.69) is 27.9 Å². The molecular weight excluding hydrogens is 331 g/mol. The first-order valence-corrected chi connectivity index (χ1v) is 8.73. The van der Waals surface area contributed by atoms with E-state index in [4.69, 9.17) is 5.73 Å². The van der Waals surface area contributed by atoms with Gasteiger partial charge in [-0.2, -0.15) is 0 Å². The summed E-state index contributed by atoms with van der Waals surface area (Å²) in [6, 6.07) is 5.06. The number of halogens is 2. The molecule has 3 rings (SSSR count). The highest BCUT2D eigenvalue weighted by Crippen LogP contribution is 2.48. The van der Waals surface area contributed by atoms with Gasteiger partial charge in [0.25, 0.3) is 0 Å². The molecule has 0 spiro atoms. The summed E-state index contributed by atoms with van der Waals surface area (Å²) >= 11 is 3.48. The standard InChI is InChI=1S/C17H24BrFN2/c1-21(10-13-7-11-2-3-12(13)6-11)17(9-20)15-5-4-14(19)8-16(15)18/h4-5,8,11-13,17H,2-3,6-7,9-10,20H2,1H3. The average molecular weight is 355 g/mol. The molecular formula is C17H24BrFN2. The molecule has 0 aliphatic heterocycles. The van der Waals surface area contributed by atoms with Gasteiger partial charge in [0.05, 0.1) is 0 Å². The van der Waals surface area contributed by atoms with Gasteiger partial charge in [-0.15, -0.1) is 0 Å². The summed E-state index contributed by atoms with van der Waals surface area (Å²) in [5.41, 5.74) is 7.09. The third kappa shape index (κ3) is 3.17. The average Bonchev–Trinajstić information content (AvgIpc) is 3.04. The van der Waals surface area contributed by atoms with Gasteiger partial charge in [0.2, 0.25) is 0 Å². The zero-order chi connectivity index (χ0) is 15.0. The number of hydrogen-bond acceptors (Lipinski definition) is 2. The minimum atomic E-state index is -0.211. The molecule has 2 nitrogen and oxygen atoms in total. The molecule has 0 radical (unpaired) electrons. The Labute approximate surface area is 135 Å². The molecule has 4 unspecified atom stereocenters. The fourth-order valence-corrected chi connectivity index (χ4v) is 5.03. The first-order chi connectivity index (χ1) is 10.1. The SMILES string of the molecule is CN(CC1CC2CCC1C2)C(CN)c1ccc(F)cc1Br. The summed E-state index contributed by atoms with van der Waals surface area (Å²) in [5.74, 6) is 2.51. The molecule has 0 heterocycles. The van der Waals surface area contributed by atoms with Gasteiger partial charge in [-0.25, -0.2) is 4.39 Å². The Morgan fingerprint density at radius 1 is 1.38 bits per heavy atom. The van der Waals surface area contributed by atoms with E-state index in [9.17, 15) is 4.39 Å². The van der Waals surface area contributed by atoms with Crippen molar-refractivity contribution in [3.05, 3.63) is 34.1 Å². The summed E-state index contributed by atoms with van der Waals surface area (Å²) in [4.78, 5) is 2.36. The lowest BCUT2D eigenvalue weighted by atomic mass is 9.88. The van der Waals surface area contributed by atoms with Gasteiger partial charge < -0.3 is 5.73 Å².